The van der Waals surface area contributed by atoms with E-state index in [1.54, 1.807) is 18.4 Å². The number of carboxylic acids is 1. The fraction of sp³-hybridized carbons (Fsp3) is 0.400. The second-order valence-electron chi connectivity index (χ2n) is 7.46. The molecule has 29 heavy (non-hydrogen) atoms. The first-order valence-electron chi connectivity index (χ1n) is 9.41. The van der Waals surface area contributed by atoms with Crippen molar-refractivity contribution in [2.75, 3.05) is 5.75 Å². The second kappa shape index (κ2) is 7.00. The molecule has 154 valence electrons. The lowest BCUT2D eigenvalue weighted by atomic mass is 10.0. The van der Waals surface area contributed by atoms with Gasteiger partial charge in [0.2, 0.25) is 10.0 Å². The number of carboxylic acid groups (broad SMARTS) is 1. The molecule has 3 heterocycles. The summed E-state index contributed by atoms with van der Waals surface area (Å²) >= 11 is 0. The first-order valence-corrected chi connectivity index (χ1v) is 11.0. The molecule has 1 fully saturated rings. The molecule has 3 aromatic rings. The van der Waals surface area contributed by atoms with Crippen LogP contribution in [0.5, 0.6) is 0 Å². The number of para-hydroxylation sites is 1. The van der Waals surface area contributed by atoms with Gasteiger partial charge in [-0.15, -0.1) is 0 Å². The molecule has 1 unspecified atom stereocenters. The zero-order valence-electron chi connectivity index (χ0n) is 16.5. The highest BCUT2D eigenvalue weighted by Gasteiger charge is 2.41. The van der Waals surface area contributed by atoms with E-state index in [1.165, 1.54) is 4.31 Å². The summed E-state index contributed by atoms with van der Waals surface area (Å²) in [7, 11) is -3.45. The molecule has 1 aliphatic heterocycles. The van der Waals surface area contributed by atoms with Crippen LogP contribution >= 0.6 is 0 Å². The van der Waals surface area contributed by atoms with Crippen molar-refractivity contribution in [3.05, 3.63) is 52.5 Å². The summed E-state index contributed by atoms with van der Waals surface area (Å²) < 4.78 is 34.3. The van der Waals surface area contributed by atoms with Crippen molar-refractivity contribution < 1.29 is 22.8 Å². The molecule has 2 aromatic heterocycles. The highest BCUT2D eigenvalue weighted by Crippen LogP contribution is 2.42. The zero-order valence-corrected chi connectivity index (χ0v) is 17.4. The fourth-order valence-electron chi connectivity index (χ4n) is 4.31. The van der Waals surface area contributed by atoms with Crippen molar-refractivity contribution in [1.82, 2.24) is 14.0 Å². The molecule has 0 bridgehead atoms. The number of aromatic nitrogens is 2. The van der Waals surface area contributed by atoms with E-state index in [4.69, 9.17) is 4.52 Å². The normalized spacial score (nSPS) is 19.2. The molecule has 0 saturated carbocycles. The molecule has 1 N–H and O–H groups in total. The molecular formula is C20H23N3O5S. The summed E-state index contributed by atoms with van der Waals surface area (Å²) in [5, 5.41) is 14.2. The second-order valence-corrected chi connectivity index (χ2v) is 9.51. The molecule has 1 saturated heterocycles. The van der Waals surface area contributed by atoms with E-state index in [9.17, 15) is 18.3 Å². The van der Waals surface area contributed by atoms with Crippen LogP contribution in [0.15, 0.2) is 28.8 Å². The predicted molar refractivity (Wildman–Crippen MR) is 107 cm³/mol. The number of benzene rings is 1. The van der Waals surface area contributed by atoms with Crippen molar-refractivity contribution in [1.29, 1.82) is 0 Å². The minimum Gasteiger partial charge on any atom is -0.480 e. The van der Waals surface area contributed by atoms with Gasteiger partial charge in [-0.25, -0.2) is 8.42 Å². The van der Waals surface area contributed by atoms with Crippen molar-refractivity contribution in [3.8, 4) is 0 Å². The Morgan fingerprint density at radius 2 is 2.00 bits per heavy atom. The standard InChI is InChI=1S/C20H23N3O5S/c1-12-16(14(3)28-21-12)10-23-18(8-9-29(23,26)27)20-13(2)22(11-19(24)25)17-7-5-4-6-15(17)20/h4-7,18H,8-11H2,1-3H3,(H,24,25). The maximum atomic E-state index is 12.9. The monoisotopic (exact) mass is 417 g/mol. The molecule has 8 nitrogen and oxygen atoms in total. The van der Waals surface area contributed by atoms with Crippen LogP contribution in [-0.2, 0) is 27.9 Å². The summed E-state index contributed by atoms with van der Waals surface area (Å²) in [5.41, 5.74) is 3.89. The van der Waals surface area contributed by atoms with Crippen LogP contribution in [-0.4, -0.2) is 39.3 Å². The minimum atomic E-state index is -3.45. The lowest BCUT2D eigenvalue weighted by Gasteiger charge is -2.24. The number of aliphatic carboxylic acids is 1. The SMILES string of the molecule is Cc1noc(C)c1CN1C(c2c(C)n(CC(=O)O)c3ccccc23)CCS1(=O)=O. The molecule has 1 aliphatic rings. The maximum absolute atomic E-state index is 12.9. The smallest absolute Gasteiger partial charge is 0.323 e. The van der Waals surface area contributed by atoms with Gasteiger partial charge < -0.3 is 14.2 Å². The first kappa shape index (κ1) is 19.7. The largest absolute Gasteiger partial charge is 0.480 e. The lowest BCUT2D eigenvalue weighted by Crippen LogP contribution is -2.28. The Balaban J connectivity index is 1.86. The molecular weight excluding hydrogens is 394 g/mol. The summed E-state index contributed by atoms with van der Waals surface area (Å²) in [6, 6.07) is 7.18. The molecule has 0 aliphatic carbocycles. The van der Waals surface area contributed by atoms with Crippen LogP contribution in [0, 0.1) is 20.8 Å². The molecule has 0 amide bonds. The Labute approximate surface area is 168 Å². The Hall–Kier alpha value is -2.65. The highest BCUT2D eigenvalue weighted by atomic mass is 32.2. The number of sulfonamides is 1. The first-order chi connectivity index (χ1) is 13.7. The molecule has 9 heteroatoms. The number of hydrogen-bond acceptors (Lipinski definition) is 5. The van der Waals surface area contributed by atoms with Gasteiger partial charge in [0, 0.05) is 28.7 Å². The average molecular weight is 417 g/mol. The van der Waals surface area contributed by atoms with E-state index in [-0.39, 0.29) is 24.9 Å². The molecule has 0 radical (unpaired) electrons. The number of hydrogen-bond donors (Lipinski definition) is 1. The van der Waals surface area contributed by atoms with E-state index in [0.717, 1.165) is 27.7 Å². The summed E-state index contributed by atoms with van der Waals surface area (Å²) in [5.74, 6) is -0.278. The minimum absolute atomic E-state index is 0.0545. The number of aryl methyl sites for hydroxylation is 2. The van der Waals surface area contributed by atoms with Crippen LogP contribution in [0.25, 0.3) is 10.9 Å². The molecule has 1 aromatic carbocycles. The van der Waals surface area contributed by atoms with E-state index in [1.807, 2.05) is 31.2 Å². The number of carbonyl (C=O) groups is 1. The van der Waals surface area contributed by atoms with Crippen molar-refractivity contribution >= 4 is 26.9 Å². The predicted octanol–water partition coefficient (Wildman–Crippen LogP) is 2.92. The van der Waals surface area contributed by atoms with Crippen molar-refractivity contribution in [3.63, 3.8) is 0 Å². The molecule has 0 spiro atoms. The topological polar surface area (TPSA) is 106 Å². The van der Waals surface area contributed by atoms with Gasteiger partial charge in [0.25, 0.3) is 0 Å². The van der Waals surface area contributed by atoms with E-state index < -0.39 is 16.0 Å². The van der Waals surface area contributed by atoms with E-state index in [0.29, 0.717) is 17.9 Å². The third-order valence-corrected chi connectivity index (χ3v) is 7.61. The molecule has 4 rings (SSSR count). The third kappa shape index (κ3) is 3.24. The van der Waals surface area contributed by atoms with Gasteiger partial charge in [-0.1, -0.05) is 23.4 Å². The fourth-order valence-corrected chi connectivity index (χ4v) is 5.99. The van der Waals surface area contributed by atoms with Gasteiger partial charge in [-0.05, 0) is 38.8 Å². The zero-order chi connectivity index (χ0) is 20.9. The maximum Gasteiger partial charge on any atom is 0.323 e. The highest BCUT2D eigenvalue weighted by molar-refractivity contribution is 7.89. The Bertz CT molecular complexity index is 1190. The van der Waals surface area contributed by atoms with Gasteiger partial charge in [0.1, 0.15) is 12.3 Å². The quantitative estimate of drug-likeness (QED) is 0.684. The van der Waals surface area contributed by atoms with Gasteiger partial charge in [0.05, 0.1) is 17.5 Å². The number of nitrogens with zero attached hydrogens (tertiary/aromatic N) is 3. The van der Waals surface area contributed by atoms with E-state index >= 15 is 0 Å². The van der Waals surface area contributed by atoms with E-state index in [2.05, 4.69) is 5.16 Å². The van der Waals surface area contributed by atoms with Crippen molar-refractivity contribution in [2.45, 2.75) is 46.3 Å². The Morgan fingerprint density at radius 3 is 2.66 bits per heavy atom. The van der Waals surface area contributed by atoms with Crippen LogP contribution < -0.4 is 0 Å². The van der Waals surface area contributed by atoms with Crippen molar-refractivity contribution in [2.24, 2.45) is 0 Å². The number of rotatable bonds is 5. The summed E-state index contributed by atoms with van der Waals surface area (Å²) in [6.45, 7) is 5.45. The van der Waals surface area contributed by atoms with Gasteiger partial charge >= 0.3 is 5.97 Å². The number of fused-ring (bicyclic) bond motifs is 1. The summed E-state index contributed by atoms with van der Waals surface area (Å²) in [6.07, 6.45) is 0.452. The van der Waals surface area contributed by atoms with Crippen LogP contribution in [0.2, 0.25) is 0 Å². The third-order valence-electron chi connectivity index (χ3n) is 5.76. The van der Waals surface area contributed by atoms with Gasteiger partial charge in [0.15, 0.2) is 0 Å². The van der Waals surface area contributed by atoms with Gasteiger partial charge in [-0.2, -0.15) is 4.31 Å². The molecule has 1 atom stereocenters. The van der Waals surface area contributed by atoms with Crippen LogP contribution in [0.1, 0.15) is 40.7 Å². The van der Waals surface area contributed by atoms with Gasteiger partial charge in [-0.3, -0.25) is 4.79 Å². The Morgan fingerprint density at radius 1 is 1.28 bits per heavy atom. The Kier molecular flexibility index (Phi) is 4.74. The van der Waals surface area contributed by atoms with Crippen LogP contribution in [0.4, 0.5) is 0 Å². The van der Waals surface area contributed by atoms with Crippen LogP contribution in [0.3, 0.4) is 0 Å². The average Bonchev–Trinajstić information content (AvgIpc) is 3.23. The lowest BCUT2D eigenvalue weighted by molar-refractivity contribution is -0.137. The summed E-state index contributed by atoms with van der Waals surface area (Å²) in [4.78, 5) is 11.4.